The molecule has 2 aromatic carbocycles. The highest BCUT2D eigenvalue weighted by Crippen LogP contribution is 2.26. The number of benzene rings is 2. The van der Waals surface area contributed by atoms with Crippen LogP contribution < -0.4 is 15.4 Å². The van der Waals surface area contributed by atoms with E-state index in [-0.39, 0.29) is 0 Å². The number of hydrogen-bond acceptors (Lipinski definition) is 5. The summed E-state index contributed by atoms with van der Waals surface area (Å²) in [4.78, 5) is 19.5. The largest absolute Gasteiger partial charge is 0.492 e. The minimum absolute atomic E-state index is 0.366. The predicted molar refractivity (Wildman–Crippen MR) is 127 cm³/mol. The summed E-state index contributed by atoms with van der Waals surface area (Å²) >= 11 is 0. The summed E-state index contributed by atoms with van der Waals surface area (Å²) in [5, 5.41) is 8.40. The van der Waals surface area contributed by atoms with E-state index < -0.39 is 11.7 Å². The molecule has 0 radical (unpaired) electrons. The first-order chi connectivity index (χ1) is 15.4. The molecule has 0 spiro atoms. The number of aromatic nitrogens is 2. The smallest absolute Gasteiger partial charge is 0.407 e. The van der Waals surface area contributed by atoms with Gasteiger partial charge in [-0.15, -0.1) is 0 Å². The summed E-state index contributed by atoms with van der Waals surface area (Å²) in [5.41, 5.74) is 2.74. The number of fused-ring (bicyclic) bond motifs is 3. The van der Waals surface area contributed by atoms with Gasteiger partial charge in [-0.05, 0) is 50.6 Å². The quantitative estimate of drug-likeness (QED) is 0.348. The molecule has 7 heteroatoms. The second-order valence-electron chi connectivity index (χ2n) is 8.56. The first-order valence-corrected chi connectivity index (χ1v) is 10.7. The topological polar surface area (TPSA) is 88.3 Å². The van der Waals surface area contributed by atoms with Gasteiger partial charge >= 0.3 is 6.09 Å². The van der Waals surface area contributed by atoms with Gasteiger partial charge in [-0.2, -0.15) is 0 Å². The SMILES string of the molecule is CC(C)(C)OC(=O)NCCOc1ccc(CNc2cc3c(cn2)[nH]c2ccccc23)cc1. The number of carbonyl (C=O) groups excluding carboxylic acids is 1. The number of ether oxygens (including phenoxy) is 2. The highest BCUT2D eigenvalue weighted by atomic mass is 16.6. The van der Waals surface area contributed by atoms with Crippen LogP contribution in [0.4, 0.5) is 10.6 Å². The number of amides is 1. The van der Waals surface area contributed by atoms with Crippen LogP contribution in [0.25, 0.3) is 21.8 Å². The number of nitrogens with one attached hydrogen (secondary N) is 3. The maximum Gasteiger partial charge on any atom is 0.407 e. The van der Waals surface area contributed by atoms with Gasteiger partial charge in [-0.1, -0.05) is 30.3 Å². The highest BCUT2D eigenvalue weighted by Gasteiger charge is 2.15. The Hall–Kier alpha value is -3.74. The number of H-pyrrole nitrogens is 1. The van der Waals surface area contributed by atoms with Gasteiger partial charge in [-0.25, -0.2) is 9.78 Å². The van der Waals surface area contributed by atoms with Crippen molar-refractivity contribution < 1.29 is 14.3 Å². The van der Waals surface area contributed by atoms with Crippen LogP contribution in [-0.2, 0) is 11.3 Å². The van der Waals surface area contributed by atoms with Crippen LogP contribution in [0.15, 0.2) is 60.8 Å². The monoisotopic (exact) mass is 432 g/mol. The molecule has 0 fully saturated rings. The molecule has 32 heavy (non-hydrogen) atoms. The van der Waals surface area contributed by atoms with Gasteiger partial charge in [0.05, 0.1) is 18.3 Å². The van der Waals surface area contributed by atoms with Crippen LogP contribution in [-0.4, -0.2) is 34.8 Å². The Kier molecular flexibility index (Phi) is 6.16. The van der Waals surface area contributed by atoms with Crippen molar-refractivity contribution in [1.82, 2.24) is 15.3 Å². The molecule has 4 aromatic rings. The van der Waals surface area contributed by atoms with Gasteiger partial charge < -0.3 is 25.1 Å². The third-order valence-electron chi connectivity index (χ3n) is 4.83. The average Bonchev–Trinajstić information content (AvgIpc) is 3.13. The number of nitrogens with zero attached hydrogens (tertiary/aromatic N) is 1. The Bertz CT molecular complexity index is 1210. The Morgan fingerprint density at radius 1 is 1.03 bits per heavy atom. The van der Waals surface area contributed by atoms with Crippen molar-refractivity contribution >= 4 is 33.7 Å². The molecule has 0 saturated carbocycles. The first kappa shape index (κ1) is 21.5. The molecule has 3 N–H and O–H groups in total. The van der Waals surface area contributed by atoms with E-state index in [4.69, 9.17) is 9.47 Å². The van der Waals surface area contributed by atoms with Crippen molar-refractivity contribution in [2.75, 3.05) is 18.5 Å². The lowest BCUT2D eigenvalue weighted by molar-refractivity contribution is 0.0520. The number of hydrogen-bond donors (Lipinski definition) is 3. The Morgan fingerprint density at radius 2 is 1.81 bits per heavy atom. The normalized spacial score (nSPS) is 11.5. The fraction of sp³-hybridized carbons (Fsp3) is 0.280. The molecule has 0 bridgehead atoms. The van der Waals surface area contributed by atoms with Crippen LogP contribution in [0.2, 0.25) is 0 Å². The Morgan fingerprint density at radius 3 is 2.59 bits per heavy atom. The number of alkyl carbamates (subject to hydrolysis) is 1. The van der Waals surface area contributed by atoms with Crippen molar-refractivity contribution in [3.8, 4) is 5.75 Å². The highest BCUT2D eigenvalue weighted by molar-refractivity contribution is 6.07. The Labute approximate surface area is 187 Å². The lowest BCUT2D eigenvalue weighted by Gasteiger charge is -2.19. The second kappa shape index (κ2) is 9.18. The molecular weight excluding hydrogens is 404 g/mol. The molecule has 0 unspecified atom stereocenters. The predicted octanol–water partition coefficient (Wildman–Crippen LogP) is 5.23. The van der Waals surface area contributed by atoms with Gasteiger partial charge in [0, 0.05) is 22.8 Å². The minimum Gasteiger partial charge on any atom is -0.492 e. The van der Waals surface area contributed by atoms with Crippen molar-refractivity contribution in [2.45, 2.75) is 32.9 Å². The van der Waals surface area contributed by atoms with E-state index >= 15 is 0 Å². The van der Waals surface area contributed by atoms with E-state index in [1.165, 1.54) is 5.39 Å². The molecule has 2 aromatic heterocycles. The van der Waals surface area contributed by atoms with Crippen molar-refractivity contribution in [2.24, 2.45) is 0 Å². The van der Waals surface area contributed by atoms with Crippen molar-refractivity contribution in [3.05, 3.63) is 66.4 Å². The minimum atomic E-state index is -0.508. The summed E-state index contributed by atoms with van der Waals surface area (Å²) in [6, 6.07) is 18.2. The van der Waals surface area contributed by atoms with Crippen molar-refractivity contribution in [3.63, 3.8) is 0 Å². The summed E-state index contributed by atoms with van der Waals surface area (Å²) < 4.78 is 10.9. The molecule has 0 aliphatic rings. The molecule has 0 aliphatic heterocycles. The maximum absolute atomic E-state index is 11.6. The fourth-order valence-corrected chi connectivity index (χ4v) is 3.38. The van der Waals surface area contributed by atoms with Gasteiger partial charge in [0.15, 0.2) is 0 Å². The van der Waals surface area contributed by atoms with Crippen LogP contribution in [0.3, 0.4) is 0 Å². The number of carbonyl (C=O) groups is 1. The standard InChI is InChI=1S/C25H28N4O3/c1-25(2,3)32-24(30)26-12-13-31-18-10-8-17(9-11-18)15-27-23-14-20-19-6-4-5-7-21(19)29-22(20)16-28-23/h4-11,14,16,29H,12-13,15H2,1-3H3,(H,26,30)(H,27,28). The molecule has 2 heterocycles. The number of anilines is 1. The van der Waals surface area contributed by atoms with Gasteiger partial charge in [0.1, 0.15) is 23.8 Å². The summed E-state index contributed by atoms with van der Waals surface area (Å²) in [6.07, 6.45) is 1.42. The van der Waals surface area contributed by atoms with Gasteiger partial charge in [0.25, 0.3) is 0 Å². The summed E-state index contributed by atoms with van der Waals surface area (Å²) in [5.74, 6) is 1.58. The zero-order valence-corrected chi connectivity index (χ0v) is 18.6. The van der Waals surface area contributed by atoms with E-state index in [1.807, 2.05) is 63.4 Å². The van der Waals surface area contributed by atoms with Gasteiger partial charge in [-0.3, -0.25) is 0 Å². The van der Waals surface area contributed by atoms with Crippen LogP contribution in [0.5, 0.6) is 5.75 Å². The van der Waals surface area contributed by atoms with Crippen molar-refractivity contribution in [1.29, 1.82) is 0 Å². The lowest BCUT2D eigenvalue weighted by atomic mass is 10.2. The summed E-state index contributed by atoms with van der Waals surface area (Å²) in [7, 11) is 0. The third kappa shape index (κ3) is 5.49. The van der Waals surface area contributed by atoms with Crippen LogP contribution in [0.1, 0.15) is 26.3 Å². The number of pyridine rings is 1. The van der Waals surface area contributed by atoms with E-state index in [2.05, 4.69) is 38.8 Å². The molecule has 0 atom stereocenters. The van der Waals surface area contributed by atoms with E-state index in [9.17, 15) is 4.79 Å². The number of para-hydroxylation sites is 1. The van der Waals surface area contributed by atoms with E-state index in [1.54, 1.807) is 0 Å². The lowest BCUT2D eigenvalue weighted by Crippen LogP contribution is -2.34. The average molecular weight is 433 g/mol. The number of aromatic amines is 1. The molecule has 0 saturated heterocycles. The van der Waals surface area contributed by atoms with Gasteiger partial charge in [0.2, 0.25) is 0 Å². The third-order valence-corrected chi connectivity index (χ3v) is 4.83. The molecular formula is C25H28N4O3. The molecule has 0 aliphatic carbocycles. The van der Waals surface area contributed by atoms with E-state index in [0.717, 1.165) is 33.6 Å². The summed E-state index contributed by atoms with van der Waals surface area (Å²) in [6.45, 7) is 6.88. The molecule has 4 rings (SSSR count). The molecule has 166 valence electrons. The van der Waals surface area contributed by atoms with E-state index in [0.29, 0.717) is 19.7 Å². The molecule has 1 amide bonds. The zero-order valence-electron chi connectivity index (χ0n) is 18.6. The first-order valence-electron chi connectivity index (χ1n) is 10.7. The van der Waals surface area contributed by atoms with Crippen LogP contribution >= 0.6 is 0 Å². The second-order valence-corrected chi connectivity index (χ2v) is 8.56. The fourth-order valence-electron chi connectivity index (χ4n) is 3.38. The van der Waals surface area contributed by atoms with Crippen LogP contribution in [0, 0.1) is 0 Å². The maximum atomic E-state index is 11.6. The number of rotatable bonds is 7. The molecule has 7 nitrogen and oxygen atoms in total. The zero-order chi connectivity index (χ0) is 22.6. The Balaban J connectivity index is 1.27.